The van der Waals surface area contributed by atoms with Crippen molar-refractivity contribution in [2.45, 2.75) is 78.7 Å². The van der Waals surface area contributed by atoms with Crippen LogP contribution < -0.4 is 0 Å². The van der Waals surface area contributed by atoms with Crippen molar-refractivity contribution in [3.63, 3.8) is 0 Å². The Kier molecular flexibility index (Phi) is 3.51. The quantitative estimate of drug-likeness (QED) is 0.635. The van der Waals surface area contributed by atoms with Crippen LogP contribution in [0.1, 0.15) is 73.7 Å². The predicted octanol–water partition coefficient (Wildman–Crippen LogP) is 5.39. The first-order valence-electron chi connectivity index (χ1n) is 7.85. The van der Waals surface area contributed by atoms with Crippen LogP contribution in [0.2, 0.25) is 0 Å². The van der Waals surface area contributed by atoms with Crippen LogP contribution >= 0.6 is 0 Å². The molecule has 0 atom stereocenters. The minimum Gasteiger partial charge on any atom is -0.338 e. The summed E-state index contributed by atoms with van der Waals surface area (Å²) in [5, 5.41) is 1.30. The van der Waals surface area contributed by atoms with Crippen molar-refractivity contribution in [3.8, 4) is 0 Å². The first-order chi connectivity index (χ1) is 9.32. The van der Waals surface area contributed by atoms with Gasteiger partial charge in [0.2, 0.25) is 0 Å². The van der Waals surface area contributed by atoms with Crippen molar-refractivity contribution >= 4 is 10.9 Å². The highest BCUT2D eigenvalue weighted by atomic mass is 15.1. The molecule has 0 amide bonds. The van der Waals surface area contributed by atoms with E-state index in [9.17, 15) is 0 Å². The van der Waals surface area contributed by atoms with E-state index in [0.29, 0.717) is 0 Å². The van der Waals surface area contributed by atoms with Gasteiger partial charge < -0.3 is 4.57 Å². The third kappa shape index (κ3) is 3.00. The van der Waals surface area contributed by atoms with Crippen LogP contribution in [-0.4, -0.2) is 9.55 Å². The summed E-state index contributed by atoms with van der Waals surface area (Å²) in [4.78, 5) is 4.73. The molecule has 0 fully saturated rings. The minimum atomic E-state index is 0.0509. The Bertz CT molecular complexity index is 656. The maximum atomic E-state index is 4.73. The minimum absolute atomic E-state index is 0.0509. The topological polar surface area (TPSA) is 17.8 Å². The van der Waals surface area contributed by atoms with Crippen molar-refractivity contribution < 1.29 is 0 Å². The van der Waals surface area contributed by atoms with Gasteiger partial charge in [0.25, 0.3) is 0 Å². The zero-order valence-electron chi connectivity index (χ0n) is 15.1. The van der Waals surface area contributed by atoms with Crippen LogP contribution in [0.5, 0.6) is 0 Å². The van der Waals surface area contributed by atoms with Crippen LogP contribution in [0.25, 0.3) is 10.9 Å². The number of aromatic nitrogens is 2. The second kappa shape index (κ2) is 4.59. The fourth-order valence-corrected chi connectivity index (χ4v) is 2.79. The molecule has 0 aliphatic carbocycles. The summed E-state index contributed by atoms with van der Waals surface area (Å²) in [6.07, 6.45) is 2.05. The van der Waals surface area contributed by atoms with Gasteiger partial charge in [-0.15, -0.1) is 0 Å². The molecule has 2 aromatic heterocycles. The monoisotopic (exact) mass is 286 g/mol. The Morgan fingerprint density at radius 1 is 0.810 bits per heavy atom. The molecule has 0 aromatic carbocycles. The first-order valence-corrected chi connectivity index (χ1v) is 7.85. The van der Waals surface area contributed by atoms with E-state index >= 15 is 0 Å². The molecule has 0 bridgehead atoms. The Morgan fingerprint density at radius 3 is 1.81 bits per heavy atom. The van der Waals surface area contributed by atoms with E-state index in [1.165, 1.54) is 16.6 Å². The molecule has 0 saturated carbocycles. The van der Waals surface area contributed by atoms with Crippen molar-refractivity contribution in [3.05, 3.63) is 29.7 Å². The Hall–Kier alpha value is -1.31. The molecule has 21 heavy (non-hydrogen) atoms. The summed E-state index contributed by atoms with van der Waals surface area (Å²) < 4.78 is 2.45. The smallest absolute Gasteiger partial charge is 0.0674 e. The van der Waals surface area contributed by atoms with Gasteiger partial charge in [0.1, 0.15) is 0 Å². The Morgan fingerprint density at radius 2 is 1.38 bits per heavy atom. The highest BCUT2D eigenvalue weighted by Gasteiger charge is 2.27. The molecule has 0 radical (unpaired) electrons. The molecule has 0 spiro atoms. The van der Waals surface area contributed by atoms with E-state index in [4.69, 9.17) is 4.98 Å². The third-order valence-electron chi connectivity index (χ3n) is 3.90. The summed E-state index contributed by atoms with van der Waals surface area (Å²) in [5.41, 5.74) is 4.02. The van der Waals surface area contributed by atoms with Gasteiger partial charge in [-0.3, -0.25) is 4.98 Å². The lowest BCUT2D eigenvalue weighted by molar-refractivity contribution is 0.371. The van der Waals surface area contributed by atoms with Gasteiger partial charge in [0.05, 0.1) is 11.7 Å². The van der Waals surface area contributed by atoms with E-state index in [0.717, 1.165) is 5.69 Å². The first kappa shape index (κ1) is 16.1. The fourth-order valence-electron chi connectivity index (χ4n) is 2.79. The lowest BCUT2D eigenvalue weighted by Gasteiger charge is -2.31. The molecular formula is C19H30N2. The molecule has 0 N–H and O–H groups in total. The number of hydrogen-bond donors (Lipinski definition) is 0. The lowest BCUT2D eigenvalue weighted by Crippen LogP contribution is -2.28. The van der Waals surface area contributed by atoms with E-state index in [1.54, 1.807) is 0 Å². The molecule has 116 valence electrons. The standard InChI is InChI=1S/C19H30N2/c1-17(2,3)15-10-13-11-16(18(4,5)6)21(19(7,8)9)14(13)12-20-15/h10-12H,1-9H3. The summed E-state index contributed by atoms with van der Waals surface area (Å²) >= 11 is 0. The number of hydrogen-bond acceptors (Lipinski definition) is 1. The Labute approximate surface area is 129 Å². The molecule has 2 rings (SSSR count). The van der Waals surface area contributed by atoms with Crippen LogP contribution in [0.15, 0.2) is 18.3 Å². The molecule has 2 aromatic rings. The second-order valence-corrected chi connectivity index (χ2v) is 9.16. The Balaban J connectivity index is 2.80. The normalized spacial score (nSPS) is 14.0. The van der Waals surface area contributed by atoms with Crippen molar-refractivity contribution in [2.24, 2.45) is 0 Å². The van der Waals surface area contributed by atoms with Gasteiger partial charge in [0.15, 0.2) is 0 Å². The van der Waals surface area contributed by atoms with E-state index in [2.05, 4.69) is 85.2 Å². The van der Waals surface area contributed by atoms with Gasteiger partial charge in [-0.25, -0.2) is 0 Å². The molecule has 0 saturated heterocycles. The van der Waals surface area contributed by atoms with Gasteiger partial charge in [-0.1, -0.05) is 41.5 Å². The molecule has 2 nitrogen and oxygen atoms in total. The average Bonchev–Trinajstić information content (AvgIpc) is 2.64. The van der Waals surface area contributed by atoms with Crippen LogP contribution in [0.4, 0.5) is 0 Å². The average molecular weight is 286 g/mol. The van der Waals surface area contributed by atoms with Crippen LogP contribution in [0.3, 0.4) is 0 Å². The predicted molar refractivity (Wildman–Crippen MR) is 92.1 cm³/mol. The van der Waals surface area contributed by atoms with Gasteiger partial charge >= 0.3 is 0 Å². The zero-order valence-corrected chi connectivity index (χ0v) is 15.1. The van der Waals surface area contributed by atoms with Crippen molar-refractivity contribution in [1.29, 1.82) is 0 Å². The van der Waals surface area contributed by atoms with Gasteiger partial charge in [-0.2, -0.15) is 0 Å². The number of nitrogens with zero attached hydrogens (tertiary/aromatic N) is 2. The highest BCUT2D eigenvalue weighted by molar-refractivity contribution is 5.82. The fraction of sp³-hybridized carbons (Fsp3) is 0.632. The SMILES string of the molecule is CC(C)(C)c1cc2cc(C(C)(C)C)n(C(C)(C)C)c2cn1. The number of pyridine rings is 1. The highest BCUT2D eigenvalue weighted by Crippen LogP contribution is 2.35. The summed E-state index contributed by atoms with van der Waals surface area (Å²) in [6.45, 7) is 20.3. The van der Waals surface area contributed by atoms with Gasteiger partial charge in [0, 0.05) is 33.1 Å². The van der Waals surface area contributed by atoms with Crippen LogP contribution in [-0.2, 0) is 16.4 Å². The lowest BCUT2D eigenvalue weighted by atomic mass is 9.90. The summed E-state index contributed by atoms with van der Waals surface area (Å²) in [6, 6.07) is 4.60. The third-order valence-corrected chi connectivity index (χ3v) is 3.90. The largest absolute Gasteiger partial charge is 0.338 e. The molecule has 0 aliphatic rings. The molecule has 2 heterocycles. The molecule has 0 aliphatic heterocycles. The van der Waals surface area contributed by atoms with Crippen molar-refractivity contribution in [1.82, 2.24) is 9.55 Å². The molecular weight excluding hydrogens is 256 g/mol. The van der Waals surface area contributed by atoms with Crippen molar-refractivity contribution in [2.75, 3.05) is 0 Å². The molecule has 2 heteroatoms. The molecule has 0 unspecified atom stereocenters. The van der Waals surface area contributed by atoms with E-state index < -0.39 is 0 Å². The maximum Gasteiger partial charge on any atom is 0.0674 e. The maximum absolute atomic E-state index is 4.73. The van der Waals surface area contributed by atoms with Gasteiger partial charge in [-0.05, 0) is 32.9 Å². The summed E-state index contributed by atoms with van der Waals surface area (Å²) in [7, 11) is 0. The number of fused-ring (bicyclic) bond motifs is 1. The van der Waals surface area contributed by atoms with Crippen LogP contribution in [0, 0.1) is 0 Å². The van der Waals surface area contributed by atoms with E-state index in [-0.39, 0.29) is 16.4 Å². The van der Waals surface area contributed by atoms with E-state index in [1.807, 2.05) is 0 Å². The zero-order chi connectivity index (χ0) is 16.2. The second-order valence-electron chi connectivity index (χ2n) is 9.16. The number of rotatable bonds is 0. The summed E-state index contributed by atoms with van der Waals surface area (Å²) in [5.74, 6) is 0.